The van der Waals surface area contributed by atoms with Crippen molar-refractivity contribution in [3.05, 3.63) is 81.8 Å². The molecule has 0 saturated heterocycles. The molecule has 0 aliphatic heterocycles. The van der Waals surface area contributed by atoms with Gasteiger partial charge in [0, 0.05) is 17.3 Å². The Labute approximate surface area is 181 Å². The quantitative estimate of drug-likeness (QED) is 0.414. The second-order valence-electron chi connectivity index (χ2n) is 6.34. The normalized spacial score (nSPS) is 10.5. The van der Waals surface area contributed by atoms with Gasteiger partial charge in [-0.25, -0.2) is 0 Å². The molecule has 0 aliphatic carbocycles. The molecule has 0 fully saturated rings. The van der Waals surface area contributed by atoms with Crippen molar-refractivity contribution in [1.29, 1.82) is 0 Å². The lowest BCUT2D eigenvalue weighted by Crippen LogP contribution is -2.03. The number of hydrogen-bond acceptors (Lipinski definition) is 4. The molecule has 0 spiro atoms. The molecule has 0 heterocycles. The van der Waals surface area contributed by atoms with Crippen LogP contribution in [0.15, 0.2) is 60.7 Å². The molecule has 0 atom stereocenters. The lowest BCUT2D eigenvalue weighted by Gasteiger charge is -2.15. The Kier molecular flexibility index (Phi) is 7.50. The van der Waals surface area contributed by atoms with Crippen LogP contribution in [-0.4, -0.2) is 13.7 Å². The third-order valence-electron chi connectivity index (χ3n) is 4.25. The van der Waals surface area contributed by atoms with Crippen molar-refractivity contribution < 1.29 is 14.2 Å². The molecule has 1 N–H and O–H groups in total. The summed E-state index contributed by atoms with van der Waals surface area (Å²) in [6, 6.07) is 19.1. The van der Waals surface area contributed by atoms with E-state index in [1.807, 2.05) is 67.6 Å². The molecule has 0 aromatic heterocycles. The van der Waals surface area contributed by atoms with E-state index >= 15 is 0 Å². The summed E-state index contributed by atoms with van der Waals surface area (Å²) in [5.74, 6) is 1.97. The fraction of sp³-hybridized carbons (Fsp3) is 0.217. The number of halogens is 2. The zero-order valence-electron chi connectivity index (χ0n) is 16.4. The van der Waals surface area contributed by atoms with Crippen LogP contribution in [0.2, 0.25) is 10.0 Å². The zero-order chi connectivity index (χ0) is 20.6. The number of benzene rings is 3. The monoisotopic (exact) mass is 431 g/mol. The van der Waals surface area contributed by atoms with Gasteiger partial charge in [0.05, 0.1) is 18.7 Å². The molecule has 3 aromatic carbocycles. The maximum absolute atomic E-state index is 6.47. The second-order valence-corrected chi connectivity index (χ2v) is 7.18. The Balaban J connectivity index is 1.66. The van der Waals surface area contributed by atoms with Gasteiger partial charge in [0.15, 0.2) is 11.5 Å². The summed E-state index contributed by atoms with van der Waals surface area (Å²) in [4.78, 5) is 0. The van der Waals surface area contributed by atoms with Gasteiger partial charge in [0.25, 0.3) is 0 Å². The van der Waals surface area contributed by atoms with E-state index in [1.54, 1.807) is 7.11 Å². The Bertz CT molecular complexity index is 928. The van der Waals surface area contributed by atoms with E-state index in [9.17, 15) is 0 Å². The summed E-state index contributed by atoms with van der Waals surface area (Å²) >= 11 is 12.4. The minimum Gasteiger partial charge on any atom is -0.494 e. The smallest absolute Gasteiger partial charge is 0.180 e. The summed E-state index contributed by atoms with van der Waals surface area (Å²) in [5.41, 5.74) is 2.97. The van der Waals surface area contributed by atoms with E-state index in [4.69, 9.17) is 37.4 Å². The maximum Gasteiger partial charge on any atom is 0.180 e. The number of rotatable bonds is 9. The van der Waals surface area contributed by atoms with Crippen LogP contribution in [0.3, 0.4) is 0 Å². The van der Waals surface area contributed by atoms with Crippen LogP contribution in [-0.2, 0) is 13.2 Å². The standard InChI is InChI=1S/C23H23Cl2NO3/c1-3-28-20-10-8-19(9-11-20)26-14-17-12-21(25)23(22(13-17)27-2)29-15-16-4-6-18(24)7-5-16/h4-13,26H,3,14-15H2,1-2H3. The van der Waals surface area contributed by atoms with Crippen LogP contribution in [0, 0.1) is 0 Å². The van der Waals surface area contributed by atoms with Crippen LogP contribution >= 0.6 is 23.2 Å². The number of nitrogens with one attached hydrogen (secondary N) is 1. The van der Waals surface area contributed by atoms with Crippen molar-refractivity contribution in [2.24, 2.45) is 0 Å². The van der Waals surface area contributed by atoms with Crippen LogP contribution in [0.4, 0.5) is 5.69 Å². The predicted octanol–water partition coefficient (Wildman–Crippen LogP) is 6.59. The van der Waals surface area contributed by atoms with Gasteiger partial charge in [0.1, 0.15) is 12.4 Å². The molecule has 0 unspecified atom stereocenters. The van der Waals surface area contributed by atoms with Crippen LogP contribution in [0.1, 0.15) is 18.1 Å². The number of anilines is 1. The molecule has 0 amide bonds. The molecule has 3 aromatic rings. The topological polar surface area (TPSA) is 39.7 Å². The van der Waals surface area contributed by atoms with Crippen molar-refractivity contribution in [3.63, 3.8) is 0 Å². The molecule has 0 aliphatic rings. The molecular weight excluding hydrogens is 409 g/mol. The minimum atomic E-state index is 0.372. The Morgan fingerprint density at radius 2 is 1.59 bits per heavy atom. The SMILES string of the molecule is CCOc1ccc(NCc2cc(Cl)c(OCc3ccc(Cl)cc3)c(OC)c2)cc1. The fourth-order valence-corrected chi connectivity index (χ4v) is 3.21. The minimum absolute atomic E-state index is 0.372. The summed E-state index contributed by atoms with van der Waals surface area (Å²) < 4.78 is 16.9. The molecule has 0 saturated carbocycles. The summed E-state index contributed by atoms with van der Waals surface area (Å²) in [7, 11) is 1.60. The summed E-state index contributed by atoms with van der Waals surface area (Å²) in [6.45, 7) is 3.59. The van der Waals surface area contributed by atoms with E-state index in [1.165, 1.54) is 0 Å². The van der Waals surface area contributed by atoms with Gasteiger partial charge in [-0.1, -0.05) is 35.3 Å². The molecule has 0 radical (unpaired) electrons. The number of hydrogen-bond donors (Lipinski definition) is 1. The van der Waals surface area contributed by atoms with Gasteiger partial charge in [-0.2, -0.15) is 0 Å². The highest BCUT2D eigenvalue weighted by atomic mass is 35.5. The zero-order valence-corrected chi connectivity index (χ0v) is 17.9. The first-order chi connectivity index (χ1) is 14.1. The third-order valence-corrected chi connectivity index (χ3v) is 4.78. The Morgan fingerprint density at radius 1 is 0.862 bits per heavy atom. The molecule has 152 valence electrons. The van der Waals surface area contributed by atoms with Crippen LogP contribution in [0.5, 0.6) is 17.2 Å². The van der Waals surface area contributed by atoms with Gasteiger partial charge in [0.2, 0.25) is 0 Å². The van der Waals surface area contributed by atoms with E-state index in [0.29, 0.717) is 41.3 Å². The van der Waals surface area contributed by atoms with Gasteiger partial charge in [-0.05, 0) is 66.6 Å². The first-order valence-corrected chi connectivity index (χ1v) is 10.0. The second kappa shape index (κ2) is 10.3. The average Bonchev–Trinajstić information content (AvgIpc) is 2.73. The van der Waals surface area contributed by atoms with Gasteiger partial charge in [-0.3, -0.25) is 0 Å². The number of methoxy groups -OCH3 is 1. The number of ether oxygens (including phenoxy) is 3. The first-order valence-electron chi connectivity index (χ1n) is 9.29. The highest BCUT2D eigenvalue weighted by Crippen LogP contribution is 2.37. The van der Waals surface area contributed by atoms with E-state index in [2.05, 4.69) is 5.32 Å². The fourth-order valence-electron chi connectivity index (χ4n) is 2.79. The lowest BCUT2D eigenvalue weighted by atomic mass is 10.2. The largest absolute Gasteiger partial charge is 0.494 e. The van der Waals surface area contributed by atoms with E-state index < -0.39 is 0 Å². The third kappa shape index (κ3) is 5.96. The molecule has 3 rings (SSSR count). The van der Waals surface area contributed by atoms with Crippen LogP contribution < -0.4 is 19.5 Å². The molecule has 6 heteroatoms. The van der Waals surface area contributed by atoms with Crippen molar-refractivity contribution in [2.45, 2.75) is 20.1 Å². The Morgan fingerprint density at radius 3 is 2.24 bits per heavy atom. The van der Waals surface area contributed by atoms with Crippen molar-refractivity contribution in [1.82, 2.24) is 0 Å². The maximum atomic E-state index is 6.47. The van der Waals surface area contributed by atoms with Crippen LogP contribution in [0.25, 0.3) is 0 Å². The highest BCUT2D eigenvalue weighted by Gasteiger charge is 2.12. The molecular formula is C23H23Cl2NO3. The first kappa shape index (κ1) is 21.2. The molecule has 29 heavy (non-hydrogen) atoms. The van der Waals surface area contributed by atoms with E-state index in [-0.39, 0.29) is 0 Å². The van der Waals surface area contributed by atoms with Crippen molar-refractivity contribution >= 4 is 28.9 Å². The molecule has 0 bridgehead atoms. The highest BCUT2D eigenvalue weighted by molar-refractivity contribution is 6.32. The summed E-state index contributed by atoms with van der Waals surface area (Å²) in [5, 5.41) is 4.56. The van der Waals surface area contributed by atoms with Crippen molar-refractivity contribution in [3.8, 4) is 17.2 Å². The molecule has 4 nitrogen and oxygen atoms in total. The average molecular weight is 432 g/mol. The van der Waals surface area contributed by atoms with Gasteiger partial charge < -0.3 is 19.5 Å². The van der Waals surface area contributed by atoms with Gasteiger partial charge in [-0.15, -0.1) is 0 Å². The summed E-state index contributed by atoms with van der Waals surface area (Å²) in [6.07, 6.45) is 0. The lowest BCUT2D eigenvalue weighted by molar-refractivity contribution is 0.284. The Hall–Kier alpha value is -2.56. The van der Waals surface area contributed by atoms with E-state index in [0.717, 1.165) is 22.6 Å². The van der Waals surface area contributed by atoms with Gasteiger partial charge >= 0.3 is 0 Å². The van der Waals surface area contributed by atoms with Crippen molar-refractivity contribution in [2.75, 3.05) is 19.0 Å². The predicted molar refractivity (Wildman–Crippen MR) is 119 cm³/mol.